The first kappa shape index (κ1) is 19.0. The number of benzene rings is 2. The van der Waals surface area contributed by atoms with E-state index < -0.39 is 0 Å². The van der Waals surface area contributed by atoms with Crippen molar-refractivity contribution in [3.63, 3.8) is 0 Å². The van der Waals surface area contributed by atoms with Crippen molar-refractivity contribution in [1.29, 1.82) is 0 Å². The van der Waals surface area contributed by atoms with E-state index >= 15 is 0 Å². The van der Waals surface area contributed by atoms with E-state index in [1.807, 2.05) is 48.8 Å². The normalized spacial score (nSPS) is 11.2. The lowest BCUT2D eigenvalue weighted by molar-refractivity contribution is 0.416. The van der Waals surface area contributed by atoms with E-state index in [0.29, 0.717) is 5.95 Å². The minimum atomic E-state index is 0.565. The number of nitrogens with zero attached hydrogens (tertiary/aromatic N) is 4. The van der Waals surface area contributed by atoms with Crippen molar-refractivity contribution >= 4 is 28.3 Å². The molecule has 0 saturated carbocycles. The molecule has 0 aliphatic heterocycles. The number of hydrogen-bond acceptors (Lipinski definition) is 6. The Morgan fingerprint density at radius 3 is 2.34 bits per heavy atom. The molecule has 148 valence electrons. The number of nitrogens with one attached hydrogen (secondary N) is 1. The molecule has 0 amide bonds. The first-order chi connectivity index (χ1) is 14.1. The number of anilines is 3. The summed E-state index contributed by atoms with van der Waals surface area (Å²) in [6.45, 7) is 2.00. The van der Waals surface area contributed by atoms with Crippen LogP contribution < -0.4 is 10.2 Å². The Balaban J connectivity index is 1.44. The van der Waals surface area contributed by atoms with Gasteiger partial charge in [0.05, 0.1) is 6.26 Å². The first-order valence-electron chi connectivity index (χ1n) is 9.62. The van der Waals surface area contributed by atoms with Crippen LogP contribution in [0.25, 0.3) is 22.1 Å². The number of aromatic nitrogens is 2. The molecule has 4 aromatic rings. The van der Waals surface area contributed by atoms with Crippen molar-refractivity contribution in [1.82, 2.24) is 14.9 Å². The molecule has 0 unspecified atom stereocenters. The maximum absolute atomic E-state index is 5.61. The zero-order chi connectivity index (χ0) is 20.2. The zero-order valence-electron chi connectivity index (χ0n) is 17.0. The van der Waals surface area contributed by atoms with Crippen LogP contribution in [0.1, 0.15) is 0 Å². The summed E-state index contributed by atoms with van der Waals surface area (Å²) in [5.74, 6) is 0.565. The minimum Gasteiger partial charge on any atom is -0.464 e. The summed E-state index contributed by atoms with van der Waals surface area (Å²) in [4.78, 5) is 13.3. The van der Waals surface area contributed by atoms with E-state index in [-0.39, 0.29) is 0 Å². The quantitative estimate of drug-likeness (QED) is 0.499. The van der Waals surface area contributed by atoms with Crippen LogP contribution in [0.15, 0.2) is 71.6 Å². The monoisotopic (exact) mass is 387 g/mol. The molecule has 0 aliphatic rings. The number of furan rings is 1. The van der Waals surface area contributed by atoms with E-state index in [4.69, 9.17) is 4.42 Å². The van der Waals surface area contributed by atoms with Gasteiger partial charge in [0.25, 0.3) is 0 Å². The van der Waals surface area contributed by atoms with Gasteiger partial charge in [0.1, 0.15) is 5.58 Å². The maximum Gasteiger partial charge on any atom is 0.227 e. The summed E-state index contributed by atoms with van der Waals surface area (Å²) in [6, 6.07) is 16.2. The lowest BCUT2D eigenvalue weighted by Gasteiger charge is -2.21. The molecule has 6 nitrogen and oxygen atoms in total. The molecule has 2 heterocycles. The van der Waals surface area contributed by atoms with Gasteiger partial charge in [0.2, 0.25) is 5.95 Å². The van der Waals surface area contributed by atoms with Crippen LogP contribution in [0.2, 0.25) is 0 Å². The molecular formula is C23H25N5O. The first-order valence-corrected chi connectivity index (χ1v) is 9.62. The number of fused-ring (bicyclic) bond motifs is 1. The van der Waals surface area contributed by atoms with Crippen LogP contribution in [0.5, 0.6) is 0 Å². The molecule has 0 fully saturated rings. The Morgan fingerprint density at radius 2 is 1.62 bits per heavy atom. The van der Waals surface area contributed by atoms with E-state index in [1.165, 1.54) is 5.69 Å². The van der Waals surface area contributed by atoms with Gasteiger partial charge in [-0.25, -0.2) is 9.97 Å². The summed E-state index contributed by atoms with van der Waals surface area (Å²) < 4.78 is 5.61. The highest BCUT2D eigenvalue weighted by atomic mass is 16.3. The van der Waals surface area contributed by atoms with Crippen LogP contribution in [-0.4, -0.2) is 49.1 Å². The van der Waals surface area contributed by atoms with Crippen molar-refractivity contribution in [2.24, 2.45) is 0 Å². The fourth-order valence-electron chi connectivity index (χ4n) is 3.14. The third-order valence-corrected chi connectivity index (χ3v) is 4.89. The van der Waals surface area contributed by atoms with Crippen LogP contribution in [0, 0.1) is 0 Å². The molecule has 6 heteroatoms. The summed E-state index contributed by atoms with van der Waals surface area (Å²) in [6.07, 6.45) is 5.38. The van der Waals surface area contributed by atoms with Gasteiger partial charge in [-0.1, -0.05) is 18.2 Å². The van der Waals surface area contributed by atoms with Crippen molar-refractivity contribution in [3.05, 3.63) is 67.2 Å². The molecule has 0 saturated heterocycles. The van der Waals surface area contributed by atoms with Crippen molar-refractivity contribution < 1.29 is 4.42 Å². The van der Waals surface area contributed by atoms with E-state index in [1.54, 1.807) is 6.26 Å². The van der Waals surface area contributed by atoms with Crippen molar-refractivity contribution in [3.8, 4) is 11.1 Å². The lowest BCUT2D eigenvalue weighted by atomic mass is 10.1. The molecule has 2 aromatic heterocycles. The van der Waals surface area contributed by atoms with Gasteiger partial charge in [0.15, 0.2) is 0 Å². The zero-order valence-corrected chi connectivity index (χ0v) is 17.0. The summed E-state index contributed by atoms with van der Waals surface area (Å²) >= 11 is 0. The number of likely N-dealkylation sites (N-methyl/N-ethyl adjacent to an activating group) is 2. The molecule has 0 aliphatic carbocycles. The molecule has 1 N–H and O–H groups in total. The van der Waals surface area contributed by atoms with Crippen LogP contribution >= 0.6 is 0 Å². The molecule has 4 rings (SSSR count). The van der Waals surface area contributed by atoms with Gasteiger partial charge < -0.3 is 19.5 Å². The van der Waals surface area contributed by atoms with E-state index in [9.17, 15) is 0 Å². The summed E-state index contributed by atoms with van der Waals surface area (Å²) in [5.41, 5.74) is 4.92. The SMILES string of the molecule is CN(C)CCN(C)c1ccc(Nc2ncc(-c3coc4ccccc34)cn2)cc1. The predicted molar refractivity (Wildman–Crippen MR) is 119 cm³/mol. The third-order valence-electron chi connectivity index (χ3n) is 4.89. The van der Waals surface area contributed by atoms with Gasteiger partial charge >= 0.3 is 0 Å². The van der Waals surface area contributed by atoms with E-state index in [0.717, 1.165) is 40.9 Å². The second-order valence-electron chi connectivity index (χ2n) is 7.34. The minimum absolute atomic E-state index is 0.565. The second kappa shape index (κ2) is 8.32. The number of rotatable bonds is 7. The molecule has 0 spiro atoms. The van der Waals surface area contributed by atoms with Crippen LogP contribution in [0.4, 0.5) is 17.3 Å². The van der Waals surface area contributed by atoms with Gasteiger partial charge in [0, 0.05) is 60.4 Å². The number of hydrogen-bond donors (Lipinski definition) is 1. The maximum atomic E-state index is 5.61. The lowest BCUT2D eigenvalue weighted by Crippen LogP contribution is -2.28. The van der Waals surface area contributed by atoms with Crippen molar-refractivity contribution in [2.75, 3.05) is 44.4 Å². The Morgan fingerprint density at radius 1 is 0.897 bits per heavy atom. The Kier molecular flexibility index (Phi) is 5.44. The van der Waals surface area contributed by atoms with Gasteiger partial charge in [-0.05, 0) is 44.4 Å². The second-order valence-corrected chi connectivity index (χ2v) is 7.34. The highest BCUT2D eigenvalue weighted by molar-refractivity contribution is 5.93. The Hall–Kier alpha value is -3.38. The summed E-state index contributed by atoms with van der Waals surface area (Å²) in [7, 11) is 6.27. The summed E-state index contributed by atoms with van der Waals surface area (Å²) in [5, 5.41) is 4.32. The average Bonchev–Trinajstić information content (AvgIpc) is 3.17. The van der Waals surface area contributed by atoms with Crippen molar-refractivity contribution in [2.45, 2.75) is 0 Å². The Labute approximate surface area is 170 Å². The largest absolute Gasteiger partial charge is 0.464 e. The Bertz CT molecular complexity index is 1070. The van der Waals surface area contributed by atoms with Gasteiger partial charge in [-0.15, -0.1) is 0 Å². The van der Waals surface area contributed by atoms with Crippen LogP contribution in [-0.2, 0) is 0 Å². The molecule has 2 aromatic carbocycles. The van der Waals surface area contributed by atoms with E-state index in [2.05, 4.69) is 58.4 Å². The molecule has 0 atom stereocenters. The van der Waals surface area contributed by atoms with Crippen LogP contribution in [0.3, 0.4) is 0 Å². The fraction of sp³-hybridized carbons (Fsp3) is 0.217. The topological polar surface area (TPSA) is 57.4 Å². The standard InChI is InChI=1S/C23H25N5O/c1-27(2)12-13-28(3)19-10-8-18(9-11-19)26-23-24-14-17(15-25-23)21-16-29-22-7-5-4-6-20(21)22/h4-11,14-16H,12-13H2,1-3H3,(H,24,25,26). The smallest absolute Gasteiger partial charge is 0.227 e. The highest BCUT2D eigenvalue weighted by Crippen LogP contribution is 2.30. The molecular weight excluding hydrogens is 362 g/mol. The fourth-order valence-corrected chi connectivity index (χ4v) is 3.14. The molecule has 0 bridgehead atoms. The third kappa shape index (κ3) is 4.38. The highest BCUT2D eigenvalue weighted by Gasteiger charge is 2.09. The van der Waals surface area contributed by atoms with Gasteiger partial charge in [-0.3, -0.25) is 0 Å². The van der Waals surface area contributed by atoms with Gasteiger partial charge in [-0.2, -0.15) is 0 Å². The molecule has 29 heavy (non-hydrogen) atoms. The number of para-hydroxylation sites is 1. The average molecular weight is 387 g/mol. The predicted octanol–water partition coefficient (Wildman–Crippen LogP) is 4.63. The molecule has 0 radical (unpaired) electrons.